The Hall–Kier alpha value is -1.54. The molecule has 0 amide bonds. The minimum absolute atomic E-state index is 0.557. The molecule has 1 aromatic carbocycles. The van der Waals surface area contributed by atoms with Crippen molar-refractivity contribution in [2.45, 2.75) is 6.42 Å². The predicted octanol–water partition coefficient (Wildman–Crippen LogP) is 2.91. The second-order valence-electron chi connectivity index (χ2n) is 3.36. The zero-order valence-corrected chi connectivity index (χ0v) is 8.91. The molecule has 0 aliphatic rings. The van der Waals surface area contributed by atoms with E-state index in [1.807, 2.05) is 36.4 Å². The fraction of sp³-hybridized carbons (Fsp3) is 0.0833. The minimum atomic E-state index is 0.557. The lowest BCUT2D eigenvalue weighted by Gasteiger charge is -2.02. The maximum Gasteiger partial charge on any atom is 0.123 e. The number of hydrogen-bond acceptors (Lipinski definition) is 2. The van der Waals surface area contributed by atoms with Crippen LogP contribution in [0, 0.1) is 0 Å². The summed E-state index contributed by atoms with van der Waals surface area (Å²) in [7, 11) is 0. The molecule has 0 aliphatic heterocycles. The third-order valence-electron chi connectivity index (χ3n) is 2.13. The molecule has 0 radical (unpaired) electrons. The summed E-state index contributed by atoms with van der Waals surface area (Å²) < 4.78 is 0. The maximum absolute atomic E-state index is 5.80. The summed E-state index contributed by atoms with van der Waals surface area (Å²) in [6, 6.07) is 13.4. The molecule has 0 atom stereocenters. The highest BCUT2D eigenvalue weighted by molar-refractivity contribution is 6.30. The van der Waals surface area contributed by atoms with Gasteiger partial charge in [-0.15, -0.1) is 0 Å². The van der Waals surface area contributed by atoms with Gasteiger partial charge in [-0.1, -0.05) is 29.8 Å². The Bertz CT molecular complexity index is 451. The molecule has 15 heavy (non-hydrogen) atoms. The Morgan fingerprint density at radius 1 is 1.07 bits per heavy atom. The summed E-state index contributed by atoms with van der Waals surface area (Å²) in [5.41, 5.74) is 7.75. The van der Waals surface area contributed by atoms with Gasteiger partial charge in [0, 0.05) is 17.1 Å². The number of nitrogens with zero attached hydrogens (tertiary/aromatic N) is 1. The SMILES string of the molecule is Nc1cccc(Cc2ccc(Cl)cc2)n1. The van der Waals surface area contributed by atoms with Crippen molar-refractivity contribution in [1.29, 1.82) is 0 Å². The summed E-state index contributed by atoms with van der Waals surface area (Å²) in [5.74, 6) is 0.557. The molecule has 2 N–H and O–H groups in total. The smallest absolute Gasteiger partial charge is 0.123 e. The zero-order chi connectivity index (χ0) is 10.7. The molecule has 2 aromatic rings. The van der Waals surface area contributed by atoms with Gasteiger partial charge in [0.25, 0.3) is 0 Å². The molecule has 0 unspecified atom stereocenters. The molecule has 2 nitrogen and oxygen atoms in total. The van der Waals surface area contributed by atoms with Crippen LogP contribution in [0.3, 0.4) is 0 Å². The molecule has 1 heterocycles. The van der Waals surface area contributed by atoms with E-state index in [1.54, 1.807) is 6.07 Å². The molecule has 0 bridgehead atoms. The molecule has 0 fully saturated rings. The van der Waals surface area contributed by atoms with Crippen molar-refractivity contribution in [3.05, 3.63) is 58.7 Å². The van der Waals surface area contributed by atoms with Crippen molar-refractivity contribution in [1.82, 2.24) is 4.98 Å². The van der Waals surface area contributed by atoms with Gasteiger partial charge < -0.3 is 5.73 Å². The van der Waals surface area contributed by atoms with Crippen LogP contribution in [-0.2, 0) is 6.42 Å². The molecule has 0 aliphatic carbocycles. The Labute approximate surface area is 93.7 Å². The normalized spacial score (nSPS) is 10.2. The number of pyridine rings is 1. The first-order valence-corrected chi connectivity index (χ1v) is 5.08. The molecule has 1 aromatic heterocycles. The van der Waals surface area contributed by atoms with Crippen LogP contribution in [0.1, 0.15) is 11.3 Å². The molecule has 2 rings (SSSR count). The molecule has 76 valence electrons. The summed E-state index contributed by atoms with van der Waals surface area (Å²) in [5, 5.41) is 0.749. The van der Waals surface area contributed by atoms with Gasteiger partial charge in [-0.2, -0.15) is 0 Å². The highest BCUT2D eigenvalue weighted by Gasteiger charge is 1.98. The second-order valence-corrected chi connectivity index (χ2v) is 3.79. The van der Waals surface area contributed by atoms with Crippen LogP contribution in [0.2, 0.25) is 5.02 Å². The number of nitrogens with two attached hydrogens (primary N) is 1. The summed E-state index contributed by atoms with van der Waals surface area (Å²) in [4.78, 5) is 4.24. The number of rotatable bonds is 2. The van der Waals surface area contributed by atoms with Crippen molar-refractivity contribution in [2.24, 2.45) is 0 Å². The van der Waals surface area contributed by atoms with E-state index < -0.39 is 0 Å². The van der Waals surface area contributed by atoms with Crippen LogP contribution < -0.4 is 5.73 Å². The van der Waals surface area contributed by atoms with Crippen molar-refractivity contribution in [3.63, 3.8) is 0 Å². The van der Waals surface area contributed by atoms with Gasteiger partial charge in [-0.3, -0.25) is 0 Å². The van der Waals surface area contributed by atoms with Crippen LogP contribution in [-0.4, -0.2) is 4.98 Å². The maximum atomic E-state index is 5.80. The quantitative estimate of drug-likeness (QED) is 0.842. The van der Waals surface area contributed by atoms with Crippen LogP contribution in [0.4, 0.5) is 5.82 Å². The number of nitrogen functional groups attached to an aromatic ring is 1. The summed E-state index contributed by atoms with van der Waals surface area (Å²) >= 11 is 5.80. The van der Waals surface area contributed by atoms with E-state index in [9.17, 15) is 0 Å². The van der Waals surface area contributed by atoms with E-state index in [0.29, 0.717) is 5.82 Å². The van der Waals surface area contributed by atoms with Gasteiger partial charge in [-0.25, -0.2) is 4.98 Å². The van der Waals surface area contributed by atoms with Gasteiger partial charge in [0.05, 0.1) is 0 Å². The summed E-state index contributed by atoms with van der Waals surface area (Å²) in [6.45, 7) is 0. The largest absolute Gasteiger partial charge is 0.384 e. The highest BCUT2D eigenvalue weighted by atomic mass is 35.5. The Morgan fingerprint density at radius 3 is 2.47 bits per heavy atom. The minimum Gasteiger partial charge on any atom is -0.384 e. The lowest BCUT2D eigenvalue weighted by molar-refractivity contribution is 1.08. The lowest BCUT2D eigenvalue weighted by atomic mass is 10.1. The molecular formula is C12H11ClN2. The van der Waals surface area contributed by atoms with E-state index in [-0.39, 0.29) is 0 Å². The van der Waals surface area contributed by atoms with Gasteiger partial charge >= 0.3 is 0 Å². The standard InChI is InChI=1S/C12H11ClN2/c13-10-6-4-9(5-7-10)8-11-2-1-3-12(14)15-11/h1-7H,8H2,(H2,14,15). The molecule has 0 saturated heterocycles. The van der Waals surface area contributed by atoms with Gasteiger partial charge in [-0.05, 0) is 29.8 Å². The third kappa shape index (κ3) is 2.70. The Kier molecular flexibility index (Phi) is 2.88. The number of benzene rings is 1. The van der Waals surface area contributed by atoms with Crippen molar-refractivity contribution in [2.75, 3.05) is 5.73 Å². The Morgan fingerprint density at radius 2 is 1.80 bits per heavy atom. The van der Waals surface area contributed by atoms with Crippen LogP contribution in [0.5, 0.6) is 0 Å². The third-order valence-corrected chi connectivity index (χ3v) is 2.38. The van der Waals surface area contributed by atoms with Crippen LogP contribution in [0.15, 0.2) is 42.5 Å². The number of hydrogen-bond donors (Lipinski definition) is 1. The highest BCUT2D eigenvalue weighted by Crippen LogP contribution is 2.13. The fourth-order valence-corrected chi connectivity index (χ4v) is 1.53. The number of aromatic nitrogens is 1. The zero-order valence-electron chi connectivity index (χ0n) is 8.15. The van der Waals surface area contributed by atoms with Crippen LogP contribution >= 0.6 is 11.6 Å². The van der Waals surface area contributed by atoms with Gasteiger partial charge in [0.2, 0.25) is 0 Å². The first kappa shape index (κ1) is 9.99. The van der Waals surface area contributed by atoms with E-state index in [1.165, 1.54) is 5.56 Å². The van der Waals surface area contributed by atoms with Crippen molar-refractivity contribution >= 4 is 17.4 Å². The van der Waals surface area contributed by atoms with Gasteiger partial charge in [0.15, 0.2) is 0 Å². The van der Waals surface area contributed by atoms with Crippen LogP contribution in [0.25, 0.3) is 0 Å². The average molecular weight is 219 g/mol. The molecular weight excluding hydrogens is 208 g/mol. The number of halogens is 1. The first-order chi connectivity index (χ1) is 7.24. The molecule has 0 saturated carbocycles. The second kappa shape index (κ2) is 4.32. The molecule has 3 heteroatoms. The topological polar surface area (TPSA) is 38.9 Å². The van der Waals surface area contributed by atoms with E-state index in [2.05, 4.69) is 4.98 Å². The lowest BCUT2D eigenvalue weighted by Crippen LogP contribution is -1.96. The molecule has 0 spiro atoms. The fourth-order valence-electron chi connectivity index (χ4n) is 1.41. The first-order valence-electron chi connectivity index (χ1n) is 4.70. The van der Waals surface area contributed by atoms with Gasteiger partial charge in [0.1, 0.15) is 5.82 Å². The van der Waals surface area contributed by atoms with Crippen molar-refractivity contribution in [3.8, 4) is 0 Å². The predicted molar refractivity (Wildman–Crippen MR) is 62.9 cm³/mol. The summed E-state index contributed by atoms with van der Waals surface area (Å²) in [6.07, 6.45) is 0.780. The average Bonchev–Trinajstić information content (AvgIpc) is 2.22. The van der Waals surface area contributed by atoms with E-state index in [4.69, 9.17) is 17.3 Å². The van der Waals surface area contributed by atoms with E-state index >= 15 is 0 Å². The van der Waals surface area contributed by atoms with E-state index in [0.717, 1.165) is 17.1 Å². The number of anilines is 1. The van der Waals surface area contributed by atoms with Crippen molar-refractivity contribution < 1.29 is 0 Å². The monoisotopic (exact) mass is 218 g/mol. The Balaban J connectivity index is 2.18.